The number of fused-ring (bicyclic) bond motifs is 1. The summed E-state index contributed by atoms with van der Waals surface area (Å²) in [5.74, 6) is 0.463. The Morgan fingerprint density at radius 1 is 1.15 bits per heavy atom. The highest BCUT2D eigenvalue weighted by Gasteiger charge is 2.16. The van der Waals surface area contributed by atoms with Gasteiger partial charge in [-0.15, -0.1) is 0 Å². The van der Waals surface area contributed by atoms with Crippen LogP contribution in [0.5, 0.6) is 5.75 Å². The van der Waals surface area contributed by atoms with Gasteiger partial charge >= 0.3 is 0 Å². The predicted molar refractivity (Wildman–Crippen MR) is 104 cm³/mol. The summed E-state index contributed by atoms with van der Waals surface area (Å²) in [7, 11) is 1.65. The minimum Gasteiger partial charge on any atom is -0.491 e. The lowest BCUT2D eigenvalue weighted by Gasteiger charge is -2.13. The Labute approximate surface area is 158 Å². The SMILES string of the molecule is COCCn1cc(C(=O)NCC(O)COc2ccccc2)c2ccccc21. The van der Waals surface area contributed by atoms with Crippen molar-refractivity contribution in [3.63, 3.8) is 0 Å². The molecule has 2 N–H and O–H groups in total. The van der Waals surface area contributed by atoms with E-state index < -0.39 is 6.10 Å². The molecule has 3 aromatic rings. The van der Waals surface area contributed by atoms with Crippen LogP contribution in [0.2, 0.25) is 0 Å². The number of ether oxygens (including phenoxy) is 2. The number of carbonyl (C=O) groups excluding carboxylic acids is 1. The van der Waals surface area contributed by atoms with Gasteiger partial charge in [0.15, 0.2) is 0 Å². The summed E-state index contributed by atoms with van der Waals surface area (Å²) < 4.78 is 12.6. The van der Waals surface area contributed by atoms with Crippen molar-refractivity contribution in [1.29, 1.82) is 0 Å². The number of nitrogens with zero attached hydrogens (tertiary/aromatic N) is 1. The van der Waals surface area contributed by atoms with Gasteiger partial charge in [0.1, 0.15) is 18.5 Å². The lowest BCUT2D eigenvalue weighted by Crippen LogP contribution is -2.35. The van der Waals surface area contributed by atoms with Crippen LogP contribution in [-0.4, -0.2) is 48.6 Å². The summed E-state index contributed by atoms with van der Waals surface area (Å²) >= 11 is 0. The second-order valence-electron chi connectivity index (χ2n) is 6.23. The summed E-state index contributed by atoms with van der Waals surface area (Å²) in [5.41, 5.74) is 1.56. The highest BCUT2D eigenvalue weighted by Crippen LogP contribution is 2.21. The zero-order chi connectivity index (χ0) is 19.1. The fourth-order valence-electron chi connectivity index (χ4n) is 2.88. The van der Waals surface area contributed by atoms with Gasteiger partial charge in [-0.05, 0) is 18.2 Å². The molecule has 1 atom stereocenters. The number of amides is 1. The van der Waals surface area contributed by atoms with Gasteiger partial charge in [0.2, 0.25) is 0 Å². The lowest BCUT2D eigenvalue weighted by molar-refractivity contribution is 0.0845. The highest BCUT2D eigenvalue weighted by atomic mass is 16.5. The van der Waals surface area contributed by atoms with E-state index in [1.54, 1.807) is 7.11 Å². The van der Waals surface area contributed by atoms with Crippen molar-refractivity contribution >= 4 is 16.8 Å². The van der Waals surface area contributed by atoms with E-state index in [0.717, 1.165) is 10.9 Å². The predicted octanol–water partition coefficient (Wildman–Crippen LogP) is 2.46. The van der Waals surface area contributed by atoms with Gasteiger partial charge in [0.25, 0.3) is 5.91 Å². The van der Waals surface area contributed by atoms with Crippen molar-refractivity contribution < 1.29 is 19.4 Å². The Kier molecular flexibility index (Phi) is 6.46. The van der Waals surface area contributed by atoms with Gasteiger partial charge in [-0.2, -0.15) is 0 Å². The van der Waals surface area contributed by atoms with Crippen molar-refractivity contribution in [3.05, 3.63) is 66.4 Å². The van der Waals surface area contributed by atoms with Gasteiger partial charge < -0.3 is 24.5 Å². The Balaban J connectivity index is 1.60. The lowest BCUT2D eigenvalue weighted by atomic mass is 10.1. The van der Waals surface area contributed by atoms with Crippen LogP contribution in [0, 0.1) is 0 Å². The summed E-state index contributed by atoms with van der Waals surface area (Å²) in [6, 6.07) is 17.0. The molecule has 0 saturated heterocycles. The molecule has 0 aliphatic heterocycles. The van der Waals surface area contributed by atoms with Crippen LogP contribution in [0.1, 0.15) is 10.4 Å². The Morgan fingerprint density at radius 3 is 2.67 bits per heavy atom. The molecule has 0 spiro atoms. The number of aromatic nitrogens is 1. The molecule has 6 heteroatoms. The maximum atomic E-state index is 12.6. The molecule has 0 saturated carbocycles. The van der Waals surface area contributed by atoms with Crippen LogP contribution in [0.4, 0.5) is 0 Å². The van der Waals surface area contributed by atoms with E-state index in [0.29, 0.717) is 24.5 Å². The van der Waals surface area contributed by atoms with E-state index in [1.165, 1.54) is 0 Å². The molecule has 142 valence electrons. The zero-order valence-corrected chi connectivity index (χ0v) is 15.3. The number of methoxy groups -OCH3 is 1. The number of benzene rings is 2. The summed E-state index contributed by atoms with van der Waals surface area (Å²) in [6.07, 6.45) is 1.03. The van der Waals surface area contributed by atoms with Gasteiger partial charge in [-0.25, -0.2) is 0 Å². The molecule has 2 aromatic carbocycles. The third kappa shape index (κ3) is 4.87. The van der Waals surface area contributed by atoms with Gasteiger partial charge in [0, 0.05) is 37.3 Å². The molecule has 0 aliphatic rings. The number of hydrogen-bond acceptors (Lipinski definition) is 4. The molecule has 0 aliphatic carbocycles. The van der Waals surface area contributed by atoms with Gasteiger partial charge in [-0.3, -0.25) is 4.79 Å². The topological polar surface area (TPSA) is 72.7 Å². The van der Waals surface area contributed by atoms with Crippen molar-refractivity contribution in [2.75, 3.05) is 26.9 Å². The number of aliphatic hydroxyl groups excluding tert-OH is 1. The quantitative estimate of drug-likeness (QED) is 0.609. The third-order valence-corrected chi connectivity index (χ3v) is 4.25. The molecule has 3 rings (SSSR count). The second kappa shape index (κ2) is 9.21. The average molecular weight is 368 g/mol. The van der Waals surface area contributed by atoms with Crippen LogP contribution < -0.4 is 10.1 Å². The van der Waals surface area contributed by atoms with Crippen LogP contribution in [0.15, 0.2) is 60.8 Å². The number of rotatable bonds is 9. The van der Waals surface area contributed by atoms with Crippen LogP contribution in [-0.2, 0) is 11.3 Å². The van der Waals surface area contributed by atoms with Crippen molar-refractivity contribution in [2.45, 2.75) is 12.6 Å². The van der Waals surface area contributed by atoms with E-state index in [4.69, 9.17) is 9.47 Å². The molecule has 1 heterocycles. The Morgan fingerprint density at radius 2 is 1.89 bits per heavy atom. The van der Waals surface area contributed by atoms with E-state index in [1.807, 2.05) is 65.4 Å². The summed E-state index contributed by atoms with van der Waals surface area (Å²) in [5, 5.41) is 13.7. The highest BCUT2D eigenvalue weighted by molar-refractivity contribution is 6.07. The zero-order valence-electron chi connectivity index (χ0n) is 15.3. The third-order valence-electron chi connectivity index (χ3n) is 4.25. The van der Waals surface area contributed by atoms with Crippen LogP contribution in [0.3, 0.4) is 0 Å². The van der Waals surface area contributed by atoms with Crippen molar-refractivity contribution in [1.82, 2.24) is 9.88 Å². The number of para-hydroxylation sites is 2. The van der Waals surface area contributed by atoms with Crippen LogP contribution in [0.25, 0.3) is 10.9 Å². The molecule has 0 radical (unpaired) electrons. The fraction of sp³-hybridized carbons (Fsp3) is 0.286. The van der Waals surface area contributed by atoms with Crippen LogP contribution >= 0.6 is 0 Å². The molecular formula is C21H24N2O4. The average Bonchev–Trinajstić information content (AvgIpc) is 3.08. The largest absolute Gasteiger partial charge is 0.491 e. The second-order valence-corrected chi connectivity index (χ2v) is 6.23. The molecular weight excluding hydrogens is 344 g/mol. The summed E-state index contributed by atoms with van der Waals surface area (Å²) in [4.78, 5) is 12.6. The first-order valence-electron chi connectivity index (χ1n) is 8.90. The minimum atomic E-state index is -0.795. The minimum absolute atomic E-state index is 0.111. The van der Waals surface area contributed by atoms with Crippen molar-refractivity contribution in [2.24, 2.45) is 0 Å². The fourth-order valence-corrected chi connectivity index (χ4v) is 2.88. The normalized spacial score (nSPS) is 12.1. The smallest absolute Gasteiger partial charge is 0.253 e. The van der Waals surface area contributed by atoms with Gasteiger partial charge in [-0.1, -0.05) is 36.4 Å². The molecule has 27 heavy (non-hydrogen) atoms. The van der Waals surface area contributed by atoms with Gasteiger partial charge in [0.05, 0.1) is 12.2 Å². The number of aliphatic hydroxyl groups is 1. The maximum Gasteiger partial charge on any atom is 0.253 e. The molecule has 1 amide bonds. The molecule has 6 nitrogen and oxygen atoms in total. The van der Waals surface area contributed by atoms with E-state index >= 15 is 0 Å². The van der Waals surface area contributed by atoms with Crippen molar-refractivity contribution in [3.8, 4) is 5.75 Å². The maximum absolute atomic E-state index is 12.6. The first-order chi connectivity index (χ1) is 13.2. The monoisotopic (exact) mass is 368 g/mol. The number of carbonyl (C=O) groups is 1. The number of nitrogens with one attached hydrogen (secondary N) is 1. The van der Waals surface area contributed by atoms with E-state index in [9.17, 15) is 9.90 Å². The molecule has 1 aromatic heterocycles. The van der Waals surface area contributed by atoms with E-state index in [2.05, 4.69) is 5.32 Å². The molecule has 1 unspecified atom stereocenters. The number of hydrogen-bond donors (Lipinski definition) is 2. The Hall–Kier alpha value is -2.83. The molecule has 0 fully saturated rings. The first kappa shape index (κ1) is 18.9. The Bertz CT molecular complexity index is 876. The standard InChI is InChI=1S/C21H24N2O4/c1-26-12-11-23-14-19(18-9-5-6-10-20(18)23)21(25)22-13-16(24)15-27-17-7-3-2-4-8-17/h2-10,14,16,24H,11-13,15H2,1H3,(H,22,25). The first-order valence-corrected chi connectivity index (χ1v) is 8.90. The van der Waals surface area contributed by atoms with E-state index in [-0.39, 0.29) is 19.1 Å². The summed E-state index contributed by atoms with van der Waals surface area (Å²) in [6.45, 7) is 1.45. The molecule has 0 bridgehead atoms.